The van der Waals surface area contributed by atoms with Gasteiger partial charge in [0.05, 0.1) is 6.10 Å². The third-order valence-electron chi connectivity index (χ3n) is 2.68. The molecule has 0 aliphatic carbocycles. The van der Waals surface area contributed by atoms with E-state index in [1.165, 1.54) is 24.8 Å². The highest BCUT2D eigenvalue weighted by atomic mass is 79.9. The van der Waals surface area contributed by atoms with Crippen molar-refractivity contribution >= 4 is 31.9 Å². The molecule has 0 radical (unpaired) electrons. The van der Waals surface area contributed by atoms with E-state index in [0.29, 0.717) is 0 Å². The van der Waals surface area contributed by atoms with Gasteiger partial charge in [-0.05, 0) is 24.1 Å². The van der Waals surface area contributed by atoms with Crippen molar-refractivity contribution in [2.45, 2.75) is 38.7 Å². The van der Waals surface area contributed by atoms with E-state index >= 15 is 0 Å². The van der Waals surface area contributed by atoms with Gasteiger partial charge >= 0.3 is 0 Å². The SMILES string of the molecule is CCCCCCOC(CBr)c1cccc(Br)c1. The van der Waals surface area contributed by atoms with Crippen LogP contribution in [0.1, 0.15) is 44.3 Å². The zero-order valence-electron chi connectivity index (χ0n) is 10.3. The molecule has 0 aliphatic rings. The second kappa shape index (κ2) is 9.12. The molecule has 0 amide bonds. The van der Waals surface area contributed by atoms with Crippen molar-refractivity contribution in [3.05, 3.63) is 34.3 Å². The molecule has 0 bridgehead atoms. The number of alkyl halides is 1. The number of hydrogen-bond donors (Lipinski definition) is 0. The minimum atomic E-state index is 0.161. The van der Waals surface area contributed by atoms with E-state index in [-0.39, 0.29) is 6.10 Å². The number of halogens is 2. The molecule has 0 aliphatic heterocycles. The molecule has 0 fully saturated rings. The Labute approximate surface area is 121 Å². The van der Waals surface area contributed by atoms with E-state index in [9.17, 15) is 0 Å². The minimum Gasteiger partial charge on any atom is -0.373 e. The largest absolute Gasteiger partial charge is 0.373 e. The Morgan fingerprint density at radius 2 is 2.06 bits per heavy atom. The van der Waals surface area contributed by atoms with Crippen molar-refractivity contribution in [2.75, 3.05) is 11.9 Å². The molecule has 0 saturated heterocycles. The summed E-state index contributed by atoms with van der Waals surface area (Å²) in [6.07, 6.45) is 5.16. The van der Waals surface area contributed by atoms with E-state index in [0.717, 1.165) is 22.8 Å². The first kappa shape index (κ1) is 15.2. The van der Waals surface area contributed by atoms with Crippen LogP contribution in [0.5, 0.6) is 0 Å². The second-order valence-electron chi connectivity index (χ2n) is 4.13. The molecule has 1 atom stereocenters. The monoisotopic (exact) mass is 362 g/mol. The Morgan fingerprint density at radius 3 is 2.71 bits per heavy atom. The second-order valence-corrected chi connectivity index (χ2v) is 5.69. The molecule has 1 rings (SSSR count). The van der Waals surface area contributed by atoms with Crippen molar-refractivity contribution in [1.82, 2.24) is 0 Å². The topological polar surface area (TPSA) is 9.23 Å². The molecule has 17 heavy (non-hydrogen) atoms. The molecule has 3 heteroatoms. The molecule has 0 saturated carbocycles. The van der Waals surface area contributed by atoms with Crippen LogP contribution in [-0.4, -0.2) is 11.9 Å². The van der Waals surface area contributed by atoms with E-state index in [2.05, 4.69) is 57.0 Å². The first-order valence-electron chi connectivity index (χ1n) is 6.21. The van der Waals surface area contributed by atoms with Gasteiger partial charge in [0.1, 0.15) is 0 Å². The predicted octanol–water partition coefficient (Wildman–Crippen LogP) is 5.48. The quantitative estimate of drug-likeness (QED) is 0.438. The molecule has 1 nitrogen and oxygen atoms in total. The van der Waals surface area contributed by atoms with Crippen molar-refractivity contribution in [3.63, 3.8) is 0 Å². The van der Waals surface area contributed by atoms with Gasteiger partial charge in [-0.15, -0.1) is 0 Å². The van der Waals surface area contributed by atoms with Crippen molar-refractivity contribution < 1.29 is 4.74 Å². The standard InChI is InChI=1S/C14H20Br2O/c1-2-3-4-5-9-17-14(11-15)12-7-6-8-13(16)10-12/h6-8,10,14H,2-5,9,11H2,1H3. The Kier molecular flexibility index (Phi) is 8.15. The van der Waals surface area contributed by atoms with Gasteiger partial charge in [-0.2, -0.15) is 0 Å². The number of unbranched alkanes of at least 4 members (excludes halogenated alkanes) is 3. The Morgan fingerprint density at radius 1 is 1.24 bits per heavy atom. The number of rotatable bonds is 8. The van der Waals surface area contributed by atoms with Gasteiger partial charge in [0.25, 0.3) is 0 Å². The summed E-state index contributed by atoms with van der Waals surface area (Å²) < 4.78 is 7.02. The first-order chi connectivity index (χ1) is 8.27. The van der Waals surface area contributed by atoms with Crippen LogP contribution in [-0.2, 0) is 4.74 Å². The summed E-state index contributed by atoms with van der Waals surface area (Å²) in [7, 11) is 0. The highest BCUT2D eigenvalue weighted by Gasteiger charge is 2.10. The zero-order chi connectivity index (χ0) is 12.5. The molecule has 0 N–H and O–H groups in total. The van der Waals surface area contributed by atoms with Crippen LogP contribution in [0.4, 0.5) is 0 Å². The van der Waals surface area contributed by atoms with Crippen LogP contribution in [0.3, 0.4) is 0 Å². The van der Waals surface area contributed by atoms with Crippen LogP contribution in [0, 0.1) is 0 Å². The first-order valence-corrected chi connectivity index (χ1v) is 8.12. The summed E-state index contributed by atoms with van der Waals surface area (Å²) in [5.74, 6) is 0. The normalized spacial score (nSPS) is 12.6. The fourth-order valence-corrected chi connectivity index (χ4v) is 2.67. The van der Waals surface area contributed by atoms with Gasteiger partial charge in [0.2, 0.25) is 0 Å². The molecular formula is C14H20Br2O. The highest BCUT2D eigenvalue weighted by molar-refractivity contribution is 9.10. The van der Waals surface area contributed by atoms with E-state index in [1.807, 2.05) is 6.07 Å². The molecule has 1 aromatic rings. The average Bonchev–Trinajstić information content (AvgIpc) is 2.34. The molecule has 1 unspecified atom stereocenters. The molecule has 0 aromatic heterocycles. The fraction of sp³-hybridized carbons (Fsp3) is 0.571. The van der Waals surface area contributed by atoms with Crippen molar-refractivity contribution in [3.8, 4) is 0 Å². The molecule has 1 aromatic carbocycles. The molecular weight excluding hydrogens is 344 g/mol. The van der Waals surface area contributed by atoms with Crippen LogP contribution in [0.2, 0.25) is 0 Å². The van der Waals surface area contributed by atoms with Gasteiger partial charge in [-0.25, -0.2) is 0 Å². The minimum absolute atomic E-state index is 0.161. The van der Waals surface area contributed by atoms with E-state index in [1.54, 1.807) is 0 Å². The lowest BCUT2D eigenvalue weighted by Gasteiger charge is -2.16. The summed E-state index contributed by atoms with van der Waals surface area (Å²) in [4.78, 5) is 0. The number of benzene rings is 1. The smallest absolute Gasteiger partial charge is 0.0922 e. The molecule has 0 heterocycles. The van der Waals surface area contributed by atoms with Crippen LogP contribution >= 0.6 is 31.9 Å². The average molecular weight is 364 g/mol. The third-order valence-corrected chi connectivity index (χ3v) is 3.76. The van der Waals surface area contributed by atoms with Gasteiger partial charge < -0.3 is 4.74 Å². The lowest BCUT2D eigenvalue weighted by molar-refractivity contribution is 0.0668. The van der Waals surface area contributed by atoms with Gasteiger partial charge in [-0.3, -0.25) is 0 Å². The van der Waals surface area contributed by atoms with E-state index < -0.39 is 0 Å². The van der Waals surface area contributed by atoms with Crippen molar-refractivity contribution in [1.29, 1.82) is 0 Å². The lowest BCUT2D eigenvalue weighted by atomic mass is 10.1. The maximum Gasteiger partial charge on any atom is 0.0922 e. The Bertz CT molecular complexity index is 315. The number of ether oxygens (including phenoxy) is 1. The molecule has 0 spiro atoms. The Balaban J connectivity index is 2.38. The predicted molar refractivity (Wildman–Crippen MR) is 80.8 cm³/mol. The third kappa shape index (κ3) is 6.03. The maximum atomic E-state index is 5.91. The number of hydrogen-bond acceptors (Lipinski definition) is 1. The van der Waals surface area contributed by atoms with Crippen LogP contribution in [0.15, 0.2) is 28.7 Å². The Hall–Kier alpha value is 0.140. The summed E-state index contributed by atoms with van der Waals surface area (Å²) in [5.41, 5.74) is 1.23. The lowest BCUT2D eigenvalue weighted by Crippen LogP contribution is -2.07. The summed E-state index contributed by atoms with van der Waals surface area (Å²) in [5, 5.41) is 0.844. The van der Waals surface area contributed by atoms with Crippen molar-refractivity contribution in [2.24, 2.45) is 0 Å². The highest BCUT2D eigenvalue weighted by Crippen LogP contribution is 2.23. The van der Waals surface area contributed by atoms with E-state index in [4.69, 9.17) is 4.74 Å². The summed E-state index contributed by atoms with van der Waals surface area (Å²) in [6, 6.07) is 8.33. The van der Waals surface area contributed by atoms with Gasteiger partial charge in [0, 0.05) is 16.4 Å². The van der Waals surface area contributed by atoms with Crippen LogP contribution in [0.25, 0.3) is 0 Å². The summed E-state index contributed by atoms with van der Waals surface area (Å²) in [6.45, 7) is 3.08. The van der Waals surface area contributed by atoms with Gasteiger partial charge in [-0.1, -0.05) is 70.2 Å². The maximum absolute atomic E-state index is 5.91. The van der Waals surface area contributed by atoms with Crippen LogP contribution < -0.4 is 0 Å². The molecule has 96 valence electrons. The zero-order valence-corrected chi connectivity index (χ0v) is 13.5. The summed E-state index contributed by atoms with van der Waals surface area (Å²) >= 11 is 7.01. The fourth-order valence-electron chi connectivity index (χ4n) is 1.69. The van der Waals surface area contributed by atoms with Gasteiger partial charge in [0.15, 0.2) is 0 Å².